The number of nitrogens with two attached hydrogens (primary N) is 1. The van der Waals surface area contributed by atoms with Gasteiger partial charge >= 0.3 is 0 Å². The molecule has 2 N–H and O–H groups in total. The fraction of sp³-hybridized carbons (Fsp3) is 0.467. The summed E-state index contributed by atoms with van der Waals surface area (Å²) in [6, 6.07) is 5.87. The Labute approximate surface area is 124 Å². The van der Waals surface area contributed by atoms with E-state index in [4.69, 9.17) is 15.2 Å². The predicted octanol–water partition coefficient (Wildman–Crippen LogP) is 1.78. The van der Waals surface area contributed by atoms with Gasteiger partial charge in [0.2, 0.25) is 0 Å². The van der Waals surface area contributed by atoms with Gasteiger partial charge in [0.05, 0.1) is 6.61 Å². The number of rotatable bonds is 8. The van der Waals surface area contributed by atoms with Crippen LogP contribution in [0.15, 0.2) is 24.5 Å². The molecule has 0 spiro atoms. The monoisotopic (exact) mass is 290 g/mol. The van der Waals surface area contributed by atoms with Crippen LogP contribution in [0.1, 0.15) is 25.2 Å². The van der Waals surface area contributed by atoms with Crippen LogP contribution in [0.3, 0.4) is 0 Å². The van der Waals surface area contributed by atoms with Crippen LogP contribution in [0.2, 0.25) is 0 Å². The van der Waals surface area contributed by atoms with E-state index in [2.05, 4.69) is 10.1 Å². The van der Waals surface area contributed by atoms with E-state index in [0.29, 0.717) is 19.8 Å². The lowest BCUT2D eigenvalue weighted by molar-refractivity contribution is 0.255. The molecule has 0 aliphatic heterocycles. The molecule has 21 heavy (non-hydrogen) atoms. The highest BCUT2D eigenvalue weighted by Crippen LogP contribution is 2.32. The largest absolute Gasteiger partial charge is 0.490 e. The molecule has 6 heteroatoms. The zero-order chi connectivity index (χ0) is 15.1. The van der Waals surface area contributed by atoms with Gasteiger partial charge in [-0.15, -0.1) is 0 Å². The molecule has 2 aromatic rings. The van der Waals surface area contributed by atoms with Gasteiger partial charge in [0.1, 0.15) is 12.9 Å². The summed E-state index contributed by atoms with van der Waals surface area (Å²) in [4.78, 5) is 4.21. The van der Waals surface area contributed by atoms with Crippen molar-refractivity contribution in [2.45, 2.75) is 33.4 Å². The lowest BCUT2D eigenvalue weighted by Gasteiger charge is -2.15. The Bertz CT molecular complexity index is 544. The first kappa shape index (κ1) is 15.3. The van der Waals surface area contributed by atoms with Crippen LogP contribution in [-0.2, 0) is 19.6 Å². The summed E-state index contributed by atoms with van der Waals surface area (Å²) in [6.07, 6.45) is 2.29. The Morgan fingerprint density at radius 2 is 2.10 bits per heavy atom. The topological polar surface area (TPSA) is 75.2 Å². The summed E-state index contributed by atoms with van der Waals surface area (Å²) in [6.45, 7) is 6.25. The minimum atomic E-state index is 0.357. The van der Waals surface area contributed by atoms with Gasteiger partial charge in [-0.1, -0.05) is 12.1 Å². The zero-order valence-corrected chi connectivity index (χ0v) is 12.6. The molecule has 2 rings (SSSR count). The van der Waals surface area contributed by atoms with E-state index in [1.165, 1.54) is 6.33 Å². The lowest BCUT2D eigenvalue weighted by atomic mass is 10.1. The summed E-state index contributed by atoms with van der Waals surface area (Å²) < 4.78 is 13.4. The number of aromatic nitrogens is 3. The van der Waals surface area contributed by atoms with Gasteiger partial charge < -0.3 is 15.2 Å². The number of para-hydroxylation sites is 1. The van der Waals surface area contributed by atoms with Crippen LogP contribution < -0.4 is 15.2 Å². The Kier molecular flexibility index (Phi) is 5.57. The fourth-order valence-corrected chi connectivity index (χ4v) is 2.15. The Morgan fingerprint density at radius 1 is 1.24 bits per heavy atom. The Balaban J connectivity index is 2.20. The first-order valence-electron chi connectivity index (χ1n) is 7.24. The average molecular weight is 290 g/mol. The molecular weight excluding hydrogens is 268 g/mol. The minimum absolute atomic E-state index is 0.357. The summed E-state index contributed by atoms with van der Waals surface area (Å²) >= 11 is 0. The summed E-state index contributed by atoms with van der Waals surface area (Å²) in [5, 5.41) is 4.14. The maximum absolute atomic E-state index is 5.96. The van der Waals surface area contributed by atoms with Gasteiger partial charge in [-0.25, -0.2) is 9.67 Å². The van der Waals surface area contributed by atoms with Crippen molar-refractivity contribution in [3.8, 4) is 11.5 Å². The third-order valence-electron chi connectivity index (χ3n) is 3.11. The molecule has 0 radical (unpaired) electrons. The highest BCUT2D eigenvalue weighted by Gasteiger charge is 2.12. The highest BCUT2D eigenvalue weighted by atomic mass is 16.5. The van der Waals surface area contributed by atoms with Crippen LogP contribution in [0.4, 0.5) is 0 Å². The van der Waals surface area contributed by atoms with Crippen molar-refractivity contribution in [2.75, 3.05) is 13.2 Å². The van der Waals surface area contributed by atoms with E-state index in [0.717, 1.165) is 35.9 Å². The molecule has 0 amide bonds. The lowest BCUT2D eigenvalue weighted by Crippen LogP contribution is -2.10. The number of nitrogens with zero attached hydrogens (tertiary/aromatic N) is 3. The third-order valence-corrected chi connectivity index (χ3v) is 3.11. The molecule has 0 bridgehead atoms. The number of hydrogen-bond acceptors (Lipinski definition) is 5. The molecule has 0 unspecified atom stereocenters. The number of benzene rings is 1. The molecular formula is C15H22N4O2. The van der Waals surface area contributed by atoms with Crippen LogP contribution in [0.5, 0.6) is 11.5 Å². The van der Waals surface area contributed by atoms with E-state index >= 15 is 0 Å². The van der Waals surface area contributed by atoms with Gasteiger partial charge in [-0.05, 0) is 38.4 Å². The molecule has 6 nitrogen and oxygen atoms in total. The molecule has 0 aliphatic carbocycles. The van der Waals surface area contributed by atoms with Crippen molar-refractivity contribution in [3.05, 3.63) is 35.9 Å². The van der Waals surface area contributed by atoms with E-state index in [1.54, 1.807) is 0 Å². The van der Waals surface area contributed by atoms with Crippen molar-refractivity contribution in [1.82, 2.24) is 14.8 Å². The van der Waals surface area contributed by atoms with E-state index < -0.39 is 0 Å². The molecule has 0 atom stereocenters. The molecule has 1 heterocycles. The third kappa shape index (κ3) is 3.72. The summed E-state index contributed by atoms with van der Waals surface area (Å²) in [5.41, 5.74) is 6.71. The second kappa shape index (κ2) is 7.64. The first-order valence-corrected chi connectivity index (χ1v) is 7.24. The molecule has 114 valence electrons. The normalized spacial score (nSPS) is 10.6. The molecule has 0 saturated heterocycles. The van der Waals surface area contributed by atoms with Crippen molar-refractivity contribution < 1.29 is 9.47 Å². The van der Waals surface area contributed by atoms with Crippen molar-refractivity contribution in [3.63, 3.8) is 0 Å². The van der Waals surface area contributed by atoms with E-state index in [-0.39, 0.29) is 0 Å². The van der Waals surface area contributed by atoms with Gasteiger partial charge in [0, 0.05) is 6.54 Å². The molecule has 0 fully saturated rings. The van der Waals surface area contributed by atoms with Gasteiger partial charge in [0.15, 0.2) is 17.3 Å². The summed E-state index contributed by atoms with van der Waals surface area (Å²) in [5.74, 6) is 2.28. The number of ether oxygens (including phenoxy) is 2. The number of hydrogen-bond donors (Lipinski definition) is 1. The van der Waals surface area contributed by atoms with Crippen molar-refractivity contribution >= 4 is 0 Å². The van der Waals surface area contributed by atoms with Gasteiger partial charge in [-0.3, -0.25) is 0 Å². The van der Waals surface area contributed by atoms with E-state index in [9.17, 15) is 0 Å². The van der Waals surface area contributed by atoms with E-state index in [1.807, 2.05) is 36.7 Å². The first-order chi connectivity index (χ1) is 10.3. The fourth-order valence-electron chi connectivity index (χ4n) is 2.15. The summed E-state index contributed by atoms with van der Waals surface area (Å²) in [7, 11) is 0. The second-order valence-corrected chi connectivity index (χ2v) is 4.50. The van der Waals surface area contributed by atoms with Crippen LogP contribution in [0, 0.1) is 0 Å². The quantitative estimate of drug-likeness (QED) is 0.802. The highest BCUT2D eigenvalue weighted by molar-refractivity contribution is 5.46. The molecule has 1 aromatic heterocycles. The van der Waals surface area contributed by atoms with Crippen LogP contribution >= 0.6 is 0 Å². The standard InChI is InChI=1S/C15H22N4O2/c1-3-19-14(17-11-18-19)10-21-15-12(8-9-16)6-5-7-13(15)20-4-2/h5-7,11H,3-4,8-10,16H2,1-2H3. The second-order valence-electron chi connectivity index (χ2n) is 4.50. The maximum atomic E-state index is 5.96. The van der Waals surface area contributed by atoms with Crippen LogP contribution in [-0.4, -0.2) is 27.9 Å². The van der Waals surface area contributed by atoms with Crippen LogP contribution in [0.25, 0.3) is 0 Å². The minimum Gasteiger partial charge on any atom is -0.490 e. The molecule has 0 saturated carbocycles. The maximum Gasteiger partial charge on any atom is 0.165 e. The smallest absolute Gasteiger partial charge is 0.165 e. The molecule has 1 aromatic carbocycles. The number of aryl methyl sites for hydroxylation is 1. The SMILES string of the molecule is CCOc1cccc(CCN)c1OCc1ncnn1CC. The van der Waals surface area contributed by atoms with Gasteiger partial charge in [0.25, 0.3) is 0 Å². The Hall–Kier alpha value is -2.08. The average Bonchev–Trinajstić information content (AvgIpc) is 2.95. The Morgan fingerprint density at radius 3 is 2.81 bits per heavy atom. The van der Waals surface area contributed by atoms with Crippen molar-refractivity contribution in [1.29, 1.82) is 0 Å². The molecule has 0 aliphatic rings. The van der Waals surface area contributed by atoms with Crippen molar-refractivity contribution in [2.24, 2.45) is 5.73 Å². The zero-order valence-electron chi connectivity index (χ0n) is 12.6. The predicted molar refractivity (Wildman–Crippen MR) is 80.4 cm³/mol. The van der Waals surface area contributed by atoms with Gasteiger partial charge in [-0.2, -0.15) is 5.10 Å².